The van der Waals surface area contributed by atoms with Crippen molar-refractivity contribution in [2.24, 2.45) is 0 Å². The van der Waals surface area contributed by atoms with Gasteiger partial charge in [-0.1, -0.05) is 6.07 Å². The van der Waals surface area contributed by atoms with E-state index in [1.54, 1.807) is 19.1 Å². The Morgan fingerprint density at radius 3 is 2.58 bits per heavy atom. The largest absolute Gasteiger partial charge is 0.495 e. The smallest absolute Gasteiger partial charge is 0.272 e. The summed E-state index contributed by atoms with van der Waals surface area (Å²) >= 11 is 0. The number of carbonyl (C=O) groups is 1. The molecule has 0 bridgehead atoms. The predicted octanol–water partition coefficient (Wildman–Crippen LogP) is 3.24. The lowest BCUT2D eigenvalue weighted by Gasteiger charge is -2.12. The second-order valence-electron chi connectivity index (χ2n) is 5.25. The fourth-order valence-electron chi connectivity index (χ4n) is 2.18. The maximum absolute atomic E-state index is 12.0. The van der Waals surface area contributed by atoms with Gasteiger partial charge in [-0.3, -0.25) is 14.9 Å². The van der Waals surface area contributed by atoms with Gasteiger partial charge in [0.2, 0.25) is 0 Å². The molecule has 0 saturated heterocycles. The summed E-state index contributed by atoms with van der Waals surface area (Å²) in [6.45, 7) is 3.31. The molecule has 126 valence electrons. The Bertz CT molecular complexity index is 774. The second kappa shape index (κ2) is 7.45. The SMILES string of the molecule is COc1ccc(C)cc1NC(=O)COc1ccc([N+](=O)[O-])c(C)c1. The monoisotopic (exact) mass is 330 g/mol. The zero-order chi connectivity index (χ0) is 17.7. The number of carbonyl (C=O) groups excluding carboxylic acids is 1. The molecular formula is C17H18N2O5. The normalized spacial score (nSPS) is 10.1. The van der Waals surface area contributed by atoms with Gasteiger partial charge in [0.05, 0.1) is 17.7 Å². The fourth-order valence-corrected chi connectivity index (χ4v) is 2.18. The van der Waals surface area contributed by atoms with E-state index in [-0.39, 0.29) is 18.2 Å². The minimum atomic E-state index is -0.462. The van der Waals surface area contributed by atoms with Gasteiger partial charge in [0.15, 0.2) is 6.61 Å². The molecule has 1 N–H and O–H groups in total. The molecule has 0 atom stereocenters. The van der Waals surface area contributed by atoms with Gasteiger partial charge in [0.1, 0.15) is 11.5 Å². The van der Waals surface area contributed by atoms with E-state index >= 15 is 0 Å². The van der Waals surface area contributed by atoms with E-state index in [1.807, 2.05) is 13.0 Å². The van der Waals surface area contributed by atoms with E-state index in [4.69, 9.17) is 9.47 Å². The third kappa shape index (κ3) is 4.22. The first kappa shape index (κ1) is 17.3. The van der Waals surface area contributed by atoms with Crippen LogP contribution in [0.4, 0.5) is 11.4 Å². The summed E-state index contributed by atoms with van der Waals surface area (Å²) in [6, 6.07) is 9.79. The number of rotatable bonds is 6. The maximum Gasteiger partial charge on any atom is 0.272 e. The highest BCUT2D eigenvalue weighted by Crippen LogP contribution is 2.25. The highest BCUT2D eigenvalue weighted by Gasteiger charge is 2.12. The summed E-state index contributed by atoms with van der Waals surface area (Å²) in [4.78, 5) is 22.3. The molecule has 0 aromatic heterocycles. The molecule has 7 nitrogen and oxygen atoms in total. The van der Waals surface area contributed by atoms with Crippen molar-refractivity contribution in [2.75, 3.05) is 19.0 Å². The molecular weight excluding hydrogens is 312 g/mol. The Morgan fingerprint density at radius 1 is 1.21 bits per heavy atom. The zero-order valence-electron chi connectivity index (χ0n) is 13.7. The van der Waals surface area contributed by atoms with Gasteiger partial charge in [-0.25, -0.2) is 0 Å². The van der Waals surface area contributed by atoms with Gasteiger partial charge >= 0.3 is 0 Å². The van der Waals surface area contributed by atoms with Gasteiger partial charge in [0, 0.05) is 11.6 Å². The first-order valence-corrected chi connectivity index (χ1v) is 7.23. The number of anilines is 1. The topological polar surface area (TPSA) is 90.7 Å². The molecule has 0 unspecified atom stereocenters. The number of nitrogens with zero attached hydrogens (tertiary/aromatic N) is 1. The molecule has 0 aliphatic rings. The molecule has 2 aromatic carbocycles. The number of ether oxygens (including phenoxy) is 2. The number of aryl methyl sites for hydroxylation is 2. The van der Waals surface area contributed by atoms with Crippen LogP contribution >= 0.6 is 0 Å². The van der Waals surface area contributed by atoms with Crippen LogP contribution in [0.1, 0.15) is 11.1 Å². The number of hydrogen-bond donors (Lipinski definition) is 1. The third-order valence-electron chi connectivity index (χ3n) is 3.36. The summed E-state index contributed by atoms with van der Waals surface area (Å²) in [5, 5.41) is 13.5. The maximum atomic E-state index is 12.0. The molecule has 0 heterocycles. The predicted molar refractivity (Wildman–Crippen MR) is 89.7 cm³/mol. The second-order valence-corrected chi connectivity index (χ2v) is 5.25. The molecule has 1 amide bonds. The highest BCUT2D eigenvalue weighted by atomic mass is 16.6. The van der Waals surface area contributed by atoms with Gasteiger partial charge in [0.25, 0.3) is 11.6 Å². The standard InChI is InChI=1S/C17H18N2O5/c1-11-4-7-16(23-3)14(8-11)18-17(20)10-24-13-5-6-15(19(21)22)12(2)9-13/h4-9H,10H2,1-3H3,(H,18,20). The van der Waals surface area contributed by atoms with Crippen LogP contribution in [0.2, 0.25) is 0 Å². The van der Waals surface area contributed by atoms with Crippen LogP contribution in [0.25, 0.3) is 0 Å². The van der Waals surface area contributed by atoms with Crippen LogP contribution < -0.4 is 14.8 Å². The number of nitrogens with one attached hydrogen (secondary N) is 1. The van der Waals surface area contributed by atoms with Gasteiger partial charge < -0.3 is 14.8 Å². The van der Waals surface area contributed by atoms with Crippen molar-refractivity contribution in [3.63, 3.8) is 0 Å². The molecule has 0 fully saturated rings. The van der Waals surface area contributed by atoms with Crippen LogP contribution in [-0.4, -0.2) is 24.5 Å². The number of benzene rings is 2. The van der Waals surface area contributed by atoms with Crippen molar-refractivity contribution in [3.05, 3.63) is 57.6 Å². The van der Waals surface area contributed by atoms with Crippen LogP contribution in [0, 0.1) is 24.0 Å². The molecule has 0 radical (unpaired) electrons. The zero-order valence-corrected chi connectivity index (χ0v) is 13.7. The highest BCUT2D eigenvalue weighted by molar-refractivity contribution is 5.93. The molecule has 0 spiro atoms. The third-order valence-corrected chi connectivity index (χ3v) is 3.36. The van der Waals surface area contributed by atoms with E-state index in [1.165, 1.54) is 25.3 Å². The van der Waals surface area contributed by atoms with Crippen LogP contribution in [-0.2, 0) is 4.79 Å². The first-order chi connectivity index (χ1) is 11.4. The lowest BCUT2D eigenvalue weighted by atomic mass is 10.2. The number of methoxy groups -OCH3 is 1. The van der Waals surface area contributed by atoms with Crippen molar-refractivity contribution >= 4 is 17.3 Å². The van der Waals surface area contributed by atoms with E-state index in [0.29, 0.717) is 22.7 Å². The molecule has 2 aromatic rings. The lowest BCUT2D eigenvalue weighted by molar-refractivity contribution is -0.385. The number of nitro groups is 1. The van der Waals surface area contributed by atoms with Crippen molar-refractivity contribution in [1.82, 2.24) is 0 Å². The van der Waals surface area contributed by atoms with E-state index in [0.717, 1.165) is 5.56 Å². The van der Waals surface area contributed by atoms with Gasteiger partial charge in [-0.15, -0.1) is 0 Å². The Labute approximate surface area is 139 Å². The molecule has 7 heteroatoms. The molecule has 0 saturated carbocycles. The average molecular weight is 330 g/mol. The molecule has 0 aliphatic carbocycles. The van der Waals surface area contributed by atoms with Gasteiger partial charge in [-0.05, 0) is 43.7 Å². The van der Waals surface area contributed by atoms with Crippen molar-refractivity contribution < 1.29 is 19.2 Å². The van der Waals surface area contributed by atoms with E-state index in [9.17, 15) is 14.9 Å². The minimum Gasteiger partial charge on any atom is -0.495 e. The molecule has 2 rings (SSSR count). The Morgan fingerprint density at radius 2 is 1.96 bits per heavy atom. The number of amides is 1. The minimum absolute atomic E-state index is 0.0105. The van der Waals surface area contributed by atoms with Crippen molar-refractivity contribution in [1.29, 1.82) is 0 Å². The van der Waals surface area contributed by atoms with Crippen molar-refractivity contribution in [3.8, 4) is 11.5 Å². The van der Waals surface area contributed by atoms with Crippen LogP contribution in [0.3, 0.4) is 0 Å². The van der Waals surface area contributed by atoms with E-state index in [2.05, 4.69) is 5.32 Å². The fraction of sp³-hybridized carbons (Fsp3) is 0.235. The summed E-state index contributed by atoms with van der Waals surface area (Å²) in [7, 11) is 1.52. The summed E-state index contributed by atoms with van der Waals surface area (Å²) in [5.41, 5.74) is 2.03. The molecule has 0 aliphatic heterocycles. The first-order valence-electron chi connectivity index (χ1n) is 7.23. The number of nitro benzene ring substituents is 1. The summed E-state index contributed by atoms with van der Waals surface area (Å²) in [5.74, 6) is 0.597. The summed E-state index contributed by atoms with van der Waals surface area (Å²) in [6.07, 6.45) is 0. The Balaban J connectivity index is 2.00. The molecule has 24 heavy (non-hydrogen) atoms. The summed E-state index contributed by atoms with van der Waals surface area (Å²) < 4.78 is 10.6. The Kier molecular flexibility index (Phi) is 5.36. The van der Waals surface area contributed by atoms with Crippen molar-refractivity contribution in [2.45, 2.75) is 13.8 Å². The average Bonchev–Trinajstić information content (AvgIpc) is 2.53. The quantitative estimate of drug-likeness (QED) is 0.648. The van der Waals surface area contributed by atoms with Gasteiger partial charge in [-0.2, -0.15) is 0 Å². The Hall–Kier alpha value is -3.09. The van der Waals surface area contributed by atoms with Crippen LogP contribution in [0.5, 0.6) is 11.5 Å². The lowest BCUT2D eigenvalue weighted by Crippen LogP contribution is -2.20. The number of hydrogen-bond acceptors (Lipinski definition) is 5. The van der Waals surface area contributed by atoms with E-state index < -0.39 is 4.92 Å². The van der Waals surface area contributed by atoms with Crippen LogP contribution in [0.15, 0.2) is 36.4 Å².